The average Bonchev–Trinajstić information content (AvgIpc) is 2.21. The summed E-state index contributed by atoms with van der Waals surface area (Å²) in [6.07, 6.45) is 0.780. The van der Waals surface area contributed by atoms with Crippen LogP contribution in [0.3, 0.4) is 0 Å². The normalized spacial score (nSPS) is 11.0. The number of esters is 1. The number of nitriles is 1. The molecule has 5 nitrogen and oxygen atoms in total. The third kappa shape index (κ3) is 5.60. The quantitative estimate of drug-likeness (QED) is 0.398. The molecule has 0 heterocycles. The minimum atomic E-state index is -0.840. The summed E-state index contributed by atoms with van der Waals surface area (Å²) in [5, 5.41) is 17.0. The van der Waals surface area contributed by atoms with Gasteiger partial charge in [0.2, 0.25) is 0 Å². The molecule has 0 radical (unpaired) electrons. The van der Waals surface area contributed by atoms with Gasteiger partial charge in [-0.2, -0.15) is 5.26 Å². The molecule has 15 heavy (non-hydrogen) atoms. The maximum absolute atomic E-state index is 11.2. The van der Waals surface area contributed by atoms with Crippen LogP contribution in [0.15, 0.2) is 11.6 Å². The summed E-state index contributed by atoms with van der Waals surface area (Å²) in [7, 11) is 0. The van der Waals surface area contributed by atoms with Crippen LogP contribution in [0.4, 0.5) is 0 Å². The molecule has 5 heteroatoms. The summed E-state index contributed by atoms with van der Waals surface area (Å²) in [5.41, 5.74) is -0.394. The Kier molecular flexibility index (Phi) is 5.99. The lowest BCUT2D eigenvalue weighted by atomic mass is 10.2. The van der Waals surface area contributed by atoms with E-state index in [4.69, 9.17) is 15.1 Å². The fourth-order valence-electron chi connectivity index (χ4n) is 0.664. The van der Waals surface area contributed by atoms with Crippen LogP contribution in [0.2, 0.25) is 0 Å². The fourth-order valence-corrected chi connectivity index (χ4v) is 0.664. The highest BCUT2D eigenvalue weighted by Crippen LogP contribution is 2.00. The first kappa shape index (κ1) is 13.3. The van der Waals surface area contributed by atoms with Crippen molar-refractivity contribution in [2.24, 2.45) is 5.92 Å². The summed E-state index contributed by atoms with van der Waals surface area (Å²) in [6, 6.07) is 1.55. The van der Waals surface area contributed by atoms with Crippen molar-refractivity contribution < 1.29 is 19.4 Å². The lowest BCUT2D eigenvalue weighted by Gasteiger charge is -2.05. The molecule has 0 unspecified atom stereocenters. The maximum Gasteiger partial charge on any atom is 0.349 e. The molecule has 0 aliphatic carbocycles. The summed E-state index contributed by atoms with van der Waals surface area (Å²) < 4.78 is 4.74. The van der Waals surface area contributed by atoms with Gasteiger partial charge in [-0.05, 0) is 5.92 Å². The van der Waals surface area contributed by atoms with Crippen LogP contribution in [0, 0.1) is 17.2 Å². The third-order valence-corrected chi connectivity index (χ3v) is 1.35. The molecule has 0 saturated heterocycles. The van der Waals surface area contributed by atoms with E-state index in [0.717, 1.165) is 6.08 Å². The number of carbonyl (C=O) groups excluding carboxylic acids is 2. The smallest absolute Gasteiger partial charge is 0.349 e. The molecular weight excluding hydrogens is 198 g/mol. The Morgan fingerprint density at radius 3 is 2.53 bits per heavy atom. The lowest BCUT2D eigenvalue weighted by molar-refractivity contribution is -0.139. The van der Waals surface area contributed by atoms with Gasteiger partial charge in [0.1, 0.15) is 18.2 Å². The Hall–Kier alpha value is -1.67. The predicted octanol–water partition coefficient (Wildman–Crippen LogP) is 0.197. The van der Waals surface area contributed by atoms with E-state index in [1.165, 1.54) is 0 Å². The molecule has 0 aromatic carbocycles. The molecule has 82 valence electrons. The van der Waals surface area contributed by atoms with Gasteiger partial charge in [-0.15, -0.1) is 0 Å². The molecule has 0 rings (SSSR count). The Labute approximate surface area is 88.0 Å². The number of rotatable bonds is 5. The van der Waals surface area contributed by atoms with Gasteiger partial charge in [0.05, 0.1) is 6.61 Å². The lowest BCUT2D eigenvalue weighted by Crippen LogP contribution is -2.13. The van der Waals surface area contributed by atoms with Gasteiger partial charge in [-0.25, -0.2) is 4.79 Å². The van der Waals surface area contributed by atoms with Crippen LogP contribution < -0.4 is 0 Å². The van der Waals surface area contributed by atoms with Crippen molar-refractivity contribution in [3.8, 4) is 6.07 Å². The van der Waals surface area contributed by atoms with Crippen LogP contribution in [0.5, 0.6) is 0 Å². The Balaban J connectivity index is 4.43. The van der Waals surface area contributed by atoms with Crippen LogP contribution in [0.1, 0.15) is 13.8 Å². The van der Waals surface area contributed by atoms with E-state index in [1.807, 2.05) is 13.8 Å². The summed E-state index contributed by atoms with van der Waals surface area (Å²) in [5.74, 6) is -1.39. The number of carbonyl (C=O) groups is 2. The van der Waals surface area contributed by atoms with Crippen molar-refractivity contribution in [3.05, 3.63) is 11.6 Å². The topological polar surface area (TPSA) is 87.4 Å². The van der Waals surface area contributed by atoms with Gasteiger partial charge in [-0.1, -0.05) is 13.8 Å². The minimum absolute atomic E-state index is 0.155. The highest BCUT2D eigenvalue weighted by atomic mass is 16.5. The number of ketones is 1. The van der Waals surface area contributed by atoms with Crippen molar-refractivity contribution >= 4 is 11.8 Å². The Morgan fingerprint density at radius 2 is 2.13 bits per heavy atom. The molecule has 0 fully saturated rings. The second-order valence-electron chi connectivity index (χ2n) is 3.29. The highest BCUT2D eigenvalue weighted by Gasteiger charge is 2.12. The first-order valence-electron chi connectivity index (χ1n) is 4.43. The van der Waals surface area contributed by atoms with Gasteiger partial charge < -0.3 is 9.84 Å². The zero-order valence-corrected chi connectivity index (χ0v) is 8.69. The van der Waals surface area contributed by atoms with Gasteiger partial charge in [0.25, 0.3) is 0 Å². The predicted molar refractivity (Wildman–Crippen MR) is 51.6 cm³/mol. The van der Waals surface area contributed by atoms with E-state index < -0.39 is 23.9 Å². The van der Waals surface area contributed by atoms with E-state index in [0.29, 0.717) is 0 Å². The van der Waals surface area contributed by atoms with E-state index in [9.17, 15) is 9.59 Å². The first-order chi connectivity index (χ1) is 7.01. The largest absolute Gasteiger partial charge is 0.461 e. The van der Waals surface area contributed by atoms with Crippen molar-refractivity contribution in [1.29, 1.82) is 5.26 Å². The average molecular weight is 211 g/mol. The first-order valence-corrected chi connectivity index (χ1v) is 4.43. The SMILES string of the molecule is CC(C)COC(=O)/C(C#N)=C/C(=O)CO. The monoisotopic (exact) mass is 211 g/mol. The molecule has 0 saturated carbocycles. The minimum Gasteiger partial charge on any atom is -0.461 e. The molecule has 0 amide bonds. The van der Waals surface area contributed by atoms with E-state index >= 15 is 0 Å². The maximum atomic E-state index is 11.2. The summed E-state index contributed by atoms with van der Waals surface area (Å²) >= 11 is 0. The van der Waals surface area contributed by atoms with Gasteiger partial charge >= 0.3 is 5.97 Å². The number of hydrogen-bond acceptors (Lipinski definition) is 5. The Morgan fingerprint density at radius 1 is 1.53 bits per heavy atom. The van der Waals surface area contributed by atoms with E-state index in [-0.39, 0.29) is 12.5 Å². The molecule has 0 spiro atoms. The standard InChI is InChI=1S/C10H13NO4/c1-7(2)6-15-10(14)8(4-11)3-9(13)5-12/h3,7,12H,5-6H2,1-2H3/b8-3+. The van der Waals surface area contributed by atoms with Crippen LogP contribution in [-0.4, -0.2) is 30.1 Å². The molecule has 1 N–H and O–H groups in total. The van der Waals surface area contributed by atoms with Gasteiger partial charge in [0, 0.05) is 6.08 Å². The summed E-state index contributed by atoms with van der Waals surface area (Å²) in [4.78, 5) is 21.9. The van der Waals surface area contributed by atoms with Crippen molar-refractivity contribution in [1.82, 2.24) is 0 Å². The molecule has 0 aliphatic rings. The third-order valence-electron chi connectivity index (χ3n) is 1.35. The number of hydrogen-bond donors (Lipinski definition) is 1. The molecule has 0 aromatic rings. The van der Waals surface area contributed by atoms with Crippen molar-refractivity contribution in [3.63, 3.8) is 0 Å². The van der Waals surface area contributed by atoms with Gasteiger partial charge in [0.15, 0.2) is 5.78 Å². The zero-order chi connectivity index (χ0) is 11.8. The second-order valence-corrected chi connectivity index (χ2v) is 3.29. The molecular formula is C10H13NO4. The van der Waals surface area contributed by atoms with Crippen molar-refractivity contribution in [2.45, 2.75) is 13.8 Å². The van der Waals surface area contributed by atoms with Crippen LogP contribution in [-0.2, 0) is 14.3 Å². The van der Waals surface area contributed by atoms with E-state index in [1.54, 1.807) is 6.07 Å². The van der Waals surface area contributed by atoms with Gasteiger partial charge in [-0.3, -0.25) is 4.79 Å². The van der Waals surface area contributed by atoms with Crippen molar-refractivity contribution in [2.75, 3.05) is 13.2 Å². The number of aliphatic hydroxyl groups is 1. The number of nitrogens with zero attached hydrogens (tertiary/aromatic N) is 1. The number of aliphatic hydroxyl groups excluding tert-OH is 1. The fraction of sp³-hybridized carbons (Fsp3) is 0.500. The number of ether oxygens (including phenoxy) is 1. The summed E-state index contributed by atoms with van der Waals surface area (Å²) in [6.45, 7) is 3.15. The molecule has 0 aromatic heterocycles. The second kappa shape index (κ2) is 6.74. The van der Waals surface area contributed by atoms with Crippen LogP contribution in [0.25, 0.3) is 0 Å². The highest BCUT2D eigenvalue weighted by molar-refractivity contribution is 6.02. The Bertz CT molecular complexity index is 312. The molecule has 0 atom stereocenters. The van der Waals surface area contributed by atoms with E-state index in [2.05, 4.69) is 0 Å². The molecule has 0 aliphatic heterocycles. The van der Waals surface area contributed by atoms with Crippen LogP contribution >= 0.6 is 0 Å². The zero-order valence-electron chi connectivity index (χ0n) is 8.69. The molecule has 0 bridgehead atoms.